The number of nitrogens with one attached hydrogen (secondary N) is 1. The Labute approximate surface area is 132 Å². The molecule has 1 N–H and O–H groups in total. The van der Waals surface area contributed by atoms with Gasteiger partial charge >= 0.3 is 5.56 Å². The Kier molecular flexibility index (Phi) is 2.86. The van der Waals surface area contributed by atoms with Gasteiger partial charge in [-0.2, -0.15) is 0 Å². The number of para-hydroxylation sites is 2. The van der Waals surface area contributed by atoms with Gasteiger partial charge in [0.1, 0.15) is 0 Å². The van der Waals surface area contributed by atoms with Gasteiger partial charge in [0.2, 0.25) is 5.42 Å². The first kappa shape index (κ1) is 13.9. The topological polar surface area (TPSA) is 111 Å². The quantitative estimate of drug-likeness (QED) is 0.447. The lowest BCUT2D eigenvalue weighted by atomic mass is 10.3. The number of hydrogen-bond donors (Lipinski definition) is 1. The van der Waals surface area contributed by atoms with Crippen molar-refractivity contribution in [3.8, 4) is 5.69 Å². The largest absolute Gasteiger partial charge is 0.447 e. The molecular weight excluding hydrogens is 314 g/mol. The van der Waals surface area contributed by atoms with Crippen molar-refractivity contribution >= 4 is 16.8 Å². The third-order valence-corrected chi connectivity index (χ3v) is 3.72. The molecule has 2 aromatic carbocycles. The van der Waals surface area contributed by atoms with Crippen molar-refractivity contribution in [2.75, 3.05) is 0 Å². The van der Waals surface area contributed by atoms with Gasteiger partial charge in [0.25, 0.3) is 11.2 Å². The number of rotatable bonds is 2. The van der Waals surface area contributed by atoms with Crippen molar-refractivity contribution < 1.29 is 9.34 Å². The minimum absolute atomic E-state index is 0.0528. The van der Waals surface area contributed by atoms with E-state index in [4.69, 9.17) is 4.42 Å². The van der Waals surface area contributed by atoms with Crippen molar-refractivity contribution in [2.45, 2.75) is 0 Å². The molecule has 2 aliphatic heterocycles. The molecule has 0 bridgehead atoms. The molecule has 0 aliphatic carbocycles. The van der Waals surface area contributed by atoms with E-state index in [9.17, 15) is 19.7 Å². The molecule has 0 aromatic heterocycles. The predicted molar refractivity (Wildman–Crippen MR) is 84.4 cm³/mol. The second-order valence-electron chi connectivity index (χ2n) is 5.15. The molecule has 118 valence electrons. The number of aromatic nitrogens is 2. The van der Waals surface area contributed by atoms with Crippen molar-refractivity contribution in [1.82, 2.24) is 9.55 Å². The van der Waals surface area contributed by atoms with Crippen LogP contribution >= 0.6 is 0 Å². The van der Waals surface area contributed by atoms with Crippen LogP contribution in [0, 0.1) is 20.9 Å². The molecule has 0 fully saturated rings. The fourth-order valence-corrected chi connectivity index (χ4v) is 2.58. The summed E-state index contributed by atoms with van der Waals surface area (Å²) in [7, 11) is 0. The molecule has 0 spiro atoms. The Balaban J connectivity index is 2.03. The summed E-state index contributed by atoms with van der Waals surface area (Å²) in [6.45, 7) is 0. The zero-order chi connectivity index (χ0) is 16.8. The van der Waals surface area contributed by atoms with Gasteiger partial charge in [-0.15, -0.1) is 0 Å². The standard InChI is InChI=1S/C16H9N3O5/c20-15-13-14(24-12-4-2-1-3-11(12)17-13)16(21)18(15)9-5-7-10(8-6-9)19(22)23/h1-8,17H. The molecule has 0 atom stereocenters. The molecule has 24 heavy (non-hydrogen) atoms. The number of H-pyrrole nitrogens is 1. The van der Waals surface area contributed by atoms with E-state index in [1.807, 2.05) is 0 Å². The Bertz CT molecular complexity index is 1190. The van der Waals surface area contributed by atoms with E-state index in [1.54, 1.807) is 24.3 Å². The average Bonchev–Trinajstić information content (AvgIpc) is 2.84. The second kappa shape index (κ2) is 4.92. The minimum atomic E-state index is -0.620. The van der Waals surface area contributed by atoms with E-state index in [-0.39, 0.29) is 22.1 Å². The first-order chi connectivity index (χ1) is 11.6. The summed E-state index contributed by atoms with van der Waals surface area (Å²) >= 11 is 0. The minimum Gasteiger partial charge on any atom is -0.447 e. The van der Waals surface area contributed by atoms with Gasteiger partial charge in [-0.25, -0.2) is 4.57 Å². The lowest BCUT2D eigenvalue weighted by Crippen LogP contribution is -2.24. The Morgan fingerprint density at radius 2 is 1.71 bits per heavy atom. The van der Waals surface area contributed by atoms with Crippen LogP contribution in [0.3, 0.4) is 0 Å². The maximum absolute atomic E-state index is 12.6. The molecule has 0 saturated heterocycles. The molecular formula is C16H9N3O5. The van der Waals surface area contributed by atoms with Crippen LogP contribution in [0.1, 0.15) is 0 Å². The summed E-state index contributed by atoms with van der Waals surface area (Å²) in [5.41, 5.74) is -0.135. The van der Waals surface area contributed by atoms with Crippen LogP contribution in [0.5, 0.6) is 0 Å². The number of fused-ring (bicyclic) bond motifs is 1. The molecule has 2 aromatic rings. The molecule has 0 unspecified atom stereocenters. The SMILES string of the molecule is O=c1c2[nH]c3ccccc3oc=2c(=O)n1-c1ccc([N+](=O)[O-])cc1. The van der Waals surface area contributed by atoms with Gasteiger partial charge in [-0.3, -0.25) is 19.7 Å². The first-order valence-electron chi connectivity index (χ1n) is 6.97. The lowest BCUT2D eigenvalue weighted by Gasteiger charge is -1.98. The molecule has 4 rings (SSSR count). The fraction of sp³-hybridized carbons (Fsp3) is 0. The maximum Gasteiger partial charge on any atom is 0.303 e. The third-order valence-electron chi connectivity index (χ3n) is 3.72. The summed E-state index contributed by atoms with van der Waals surface area (Å²) in [4.78, 5) is 38.1. The number of nitrogens with zero attached hydrogens (tertiary/aromatic N) is 2. The molecule has 0 radical (unpaired) electrons. The molecule has 0 saturated carbocycles. The van der Waals surface area contributed by atoms with Crippen LogP contribution < -0.4 is 11.1 Å². The summed E-state index contributed by atoms with van der Waals surface area (Å²) in [6.07, 6.45) is 0. The smallest absolute Gasteiger partial charge is 0.303 e. The Morgan fingerprint density at radius 1 is 1.00 bits per heavy atom. The highest BCUT2D eigenvalue weighted by atomic mass is 16.6. The lowest BCUT2D eigenvalue weighted by molar-refractivity contribution is -0.384. The van der Waals surface area contributed by atoms with E-state index >= 15 is 0 Å². The predicted octanol–water partition coefficient (Wildman–Crippen LogP) is 1.90. The van der Waals surface area contributed by atoms with Gasteiger partial charge < -0.3 is 9.40 Å². The van der Waals surface area contributed by atoms with Crippen molar-refractivity contribution in [1.29, 1.82) is 0 Å². The van der Waals surface area contributed by atoms with E-state index in [2.05, 4.69) is 4.98 Å². The molecule has 8 heteroatoms. The number of nitro benzene ring substituents is 1. The number of nitro groups is 1. The van der Waals surface area contributed by atoms with Crippen LogP contribution in [0.15, 0.2) is 62.5 Å². The highest BCUT2D eigenvalue weighted by Crippen LogP contribution is 2.14. The highest BCUT2D eigenvalue weighted by Gasteiger charge is 2.16. The summed E-state index contributed by atoms with van der Waals surface area (Å²) in [5.74, 6) is 0. The highest BCUT2D eigenvalue weighted by molar-refractivity contribution is 5.71. The van der Waals surface area contributed by atoms with Crippen LogP contribution in [0.2, 0.25) is 0 Å². The van der Waals surface area contributed by atoms with Crippen LogP contribution in [0.4, 0.5) is 5.69 Å². The number of benzene rings is 2. The van der Waals surface area contributed by atoms with E-state index in [0.29, 0.717) is 11.1 Å². The van der Waals surface area contributed by atoms with Crippen molar-refractivity contribution in [3.05, 3.63) is 90.1 Å². The Hall–Kier alpha value is -3.68. The monoisotopic (exact) mass is 323 g/mol. The van der Waals surface area contributed by atoms with E-state index in [1.165, 1.54) is 24.3 Å². The Morgan fingerprint density at radius 3 is 2.42 bits per heavy atom. The van der Waals surface area contributed by atoms with Gasteiger partial charge in [-0.05, 0) is 24.3 Å². The van der Waals surface area contributed by atoms with E-state index < -0.39 is 16.0 Å². The first-order valence-corrected chi connectivity index (χ1v) is 6.97. The normalized spacial score (nSPS) is 11.2. The van der Waals surface area contributed by atoms with Crippen LogP contribution in [-0.4, -0.2) is 14.5 Å². The number of hydrogen-bond acceptors (Lipinski definition) is 5. The van der Waals surface area contributed by atoms with Gasteiger partial charge in [0.15, 0.2) is 10.9 Å². The molecule has 8 nitrogen and oxygen atoms in total. The summed E-state index contributed by atoms with van der Waals surface area (Å²) in [5, 5.41) is 10.8. The van der Waals surface area contributed by atoms with Gasteiger partial charge in [-0.1, -0.05) is 12.1 Å². The summed E-state index contributed by atoms with van der Waals surface area (Å²) < 4.78 is 6.47. The molecule has 2 heterocycles. The number of aromatic amines is 1. The summed E-state index contributed by atoms with van der Waals surface area (Å²) in [6, 6.07) is 12.1. The van der Waals surface area contributed by atoms with Crippen LogP contribution in [0.25, 0.3) is 16.8 Å². The van der Waals surface area contributed by atoms with E-state index in [0.717, 1.165) is 4.57 Å². The van der Waals surface area contributed by atoms with Gasteiger partial charge in [0, 0.05) is 12.1 Å². The molecule has 0 amide bonds. The second-order valence-corrected chi connectivity index (χ2v) is 5.15. The average molecular weight is 323 g/mol. The zero-order valence-electron chi connectivity index (χ0n) is 12.1. The third kappa shape index (κ3) is 1.93. The number of non-ortho nitro benzene ring substituents is 1. The molecule has 2 aliphatic rings. The van der Waals surface area contributed by atoms with Crippen LogP contribution in [-0.2, 0) is 0 Å². The fourth-order valence-electron chi connectivity index (χ4n) is 2.58. The zero-order valence-corrected chi connectivity index (χ0v) is 12.1. The maximum atomic E-state index is 12.6. The van der Waals surface area contributed by atoms with Crippen molar-refractivity contribution in [3.63, 3.8) is 0 Å². The van der Waals surface area contributed by atoms with Crippen molar-refractivity contribution in [2.24, 2.45) is 0 Å². The van der Waals surface area contributed by atoms with Gasteiger partial charge in [0.05, 0.1) is 16.1 Å².